The molecule has 0 aliphatic carbocycles. The first kappa shape index (κ1) is 14.1. The number of nitriles is 1. The fourth-order valence-corrected chi connectivity index (χ4v) is 3.36. The summed E-state index contributed by atoms with van der Waals surface area (Å²) in [6.07, 6.45) is 0. The first-order valence-corrected chi connectivity index (χ1v) is 7.25. The number of aromatic nitrogens is 4. The van der Waals surface area contributed by atoms with Crippen molar-refractivity contribution in [1.82, 2.24) is 19.2 Å². The van der Waals surface area contributed by atoms with Crippen molar-refractivity contribution < 1.29 is 0 Å². The minimum Gasteiger partial charge on any atom is -0.336 e. The SMILES string of the molecule is CC(C)(C)c1nnc(Sc2snc(Cl)c2C#N)n1N. The van der Waals surface area contributed by atoms with Gasteiger partial charge in [-0.3, -0.25) is 0 Å². The highest BCUT2D eigenvalue weighted by molar-refractivity contribution is 8.01. The van der Waals surface area contributed by atoms with E-state index in [4.69, 9.17) is 22.7 Å². The van der Waals surface area contributed by atoms with E-state index in [0.717, 1.165) is 11.5 Å². The summed E-state index contributed by atoms with van der Waals surface area (Å²) in [7, 11) is 0. The van der Waals surface area contributed by atoms with Gasteiger partial charge in [-0.15, -0.1) is 10.2 Å². The molecular formula is C10H11ClN6S2. The maximum absolute atomic E-state index is 9.01. The second kappa shape index (κ2) is 5.00. The number of nitrogens with two attached hydrogens (primary N) is 1. The van der Waals surface area contributed by atoms with Gasteiger partial charge in [0.2, 0.25) is 5.16 Å². The summed E-state index contributed by atoms with van der Waals surface area (Å²) in [5.74, 6) is 6.65. The zero-order chi connectivity index (χ0) is 14.2. The van der Waals surface area contributed by atoms with Gasteiger partial charge in [-0.25, -0.2) is 4.68 Å². The van der Waals surface area contributed by atoms with Gasteiger partial charge in [0.05, 0.1) is 0 Å². The highest BCUT2D eigenvalue weighted by Gasteiger charge is 2.24. The minimum absolute atomic E-state index is 0.203. The van der Waals surface area contributed by atoms with Crippen LogP contribution in [0.2, 0.25) is 5.15 Å². The molecule has 0 unspecified atom stereocenters. The van der Waals surface area contributed by atoms with Crippen molar-refractivity contribution in [3.05, 3.63) is 16.5 Å². The van der Waals surface area contributed by atoms with Gasteiger partial charge in [0.1, 0.15) is 15.8 Å². The summed E-state index contributed by atoms with van der Waals surface area (Å²) >= 11 is 8.20. The molecular weight excluding hydrogens is 304 g/mol. The minimum atomic E-state index is -0.204. The third-order valence-corrected chi connectivity index (χ3v) is 4.59. The van der Waals surface area contributed by atoms with E-state index in [0.29, 0.717) is 20.8 Å². The predicted octanol–water partition coefficient (Wildman–Crippen LogP) is 2.42. The molecule has 0 aromatic carbocycles. The molecule has 0 radical (unpaired) electrons. The zero-order valence-electron chi connectivity index (χ0n) is 10.5. The van der Waals surface area contributed by atoms with E-state index in [1.807, 2.05) is 26.8 Å². The molecule has 2 rings (SSSR count). The van der Waals surface area contributed by atoms with Gasteiger partial charge in [-0.05, 0) is 23.3 Å². The second-order valence-corrected chi connectivity index (χ2v) is 7.14. The Morgan fingerprint density at radius 3 is 2.63 bits per heavy atom. The molecule has 2 N–H and O–H groups in total. The van der Waals surface area contributed by atoms with Crippen molar-refractivity contribution >= 4 is 34.9 Å². The van der Waals surface area contributed by atoms with Crippen LogP contribution < -0.4 is 5.84 Å². The highest BCUT2D eigenvalue weighted by Crippen LogP contribution is 2.36. The van der Waals surface area contributed by atoms with Gasteiger partial charge in [0, 0.05) is 5.41 Å². The molecule has 0 spiro atoms. The van der Waals surface area contributed by atoms with Crippen LogP contribution in [0.4, 0.5) is 0 Å². The summed E-state index contributed by atoms with van der Waals surface area (Å²) in [5, 5.41) is 17.8. The van der Waals surface area contributed by atoms with Gasteiger partial charge in [-0.2, -0.15) is 9.64 Å². The molecule has 0 amide bonds. The average molecular weight is 315 g/mol. The monoisotopic (exact) mass is 314 g/mol. The van der Waals surface area contributed by atoms with Crippen LogP contribution in [0.15, 0.2) is 9.37 Å². The van der Waals surface area contributed by atoms with Crippen molar-refractivity contribution in [3.63, 3.8) is 0 Å². The molecule has 0 bridgehead atoms. The molecule has 19 heavy (non-hydrogen) atoms. The van der Waals surface area contributed by atoms with Crippen LogP contribution >= 0.6 is 34.9 Å². The number of hydrogen-bond donors (Lipinski definition) is 1. The first-order valence-electron chi connectivity index (χ1n) is 5.28. The van der Waals surface area contributed by atoms with E-state index in [1.165, 1.54) is 16.4 Å². The maximum Gasteiger partial charge on any atom is 0.215 e. The molecule has 100 valence electrons. The van der Waals surface area contributed by atoms with Crippen molar-refractivity contribution in [3.8, 4) is 6.07 Å². The Hall–Kier alpha value is -1.30. The van der Waals surface area contributed by atoms with Crippen molar-refractivity contribution in [2.45, 2.75) is 35.6 Å². The van der Waals surface area contributed by atoms with Crippen LogP contribution in [0.25, 0.3) is 0 Å². The predicted molar refractivity (Wildman–Crippen MR) is 74.8 cm³/mol. The summed E-state index contributed by atoms with van der Waals surface area (Å²) < 4.78 is 6.02. The Kier molecular flexibility index (Phi) is 3.71. The van der Waals surface area contributed by atoms with Gasteiger partial charge in [0.25, 0.3) is 0 Å². The third-order valence-electron chi connectivity index (χ3n) is 2.25. The Morgan fingerprint density at radius 2 is 2.11 bits per heavy atom. The van der Waals surface area contributed by atoms with Crippen molar-refractivity contribution in [2.75, 3.05) is 5.84 Å². The molecule has 2 aromatic rings. The summed E-state index contributed by atoms with van der Waals surface area (Å²) in [4.78, 5) is 0. The Balaban J connectivity index is 2.35. The Morgan fingerprint density at radius 1 is 1.42 bits per heavy atom. The molecule has 2 aromatic heterocycles. The van der Waals surface area contributed by atoms with E-state index >= 15 is 0 Å². The van der Waals surface area contributed by atoms with Crippen LogP contribution in [0.5, 0.6) is 0 Å². The molecule has 0 saturated heterocycles. The summed E-state index contributed by atoms with van der Waals surface area (Å²) in [5.41, 5.74) is 0.140. The average Bonchev–Trinajstić information content (AvgIpc) is 2.84. The zero-order valence-corrected chi connectivity index (χ0v) is 12.9. The number of nitrogens with zero attached hydrogens (tertiary/aromatic N) is 5. The van der Waals surface area contributed by atoms with E-state index in [2.05, 4.69) is 14.6 Å². The van der Waals surface area contributed by atoms with Gasteiger partial charge < -0.3 is 5.84 Å². The molecule has 0 aliphatic heterocycles. The third kappa shape index (κ3) is 2.68. The fourth-order valence-electron chi connectivity index (χ4n) is 1.36. The quantitative estimate of drug-likeness (QED) is 0.856. The number of hydrogen-bond acceptors (Lipinski definition) is 7. The lowest BCUT2D eigenvalue weighted by Gasteiger charge is -2.16. The first-order chi connectivity index (χ1) is 8.84. The lowest BCUT2D eigenvalue weighted by molar-refractivity contribution is 0.523. The molecule has 6 nitrogen and oxygen atoms in total. The second-order valence-electron chi connectivity index (χ2n) is 4.78. The van der Waals surface area contributed by atoms with Gasteiger partial charge in [0.15, 0.2) is 11.0 Å². The van der Waals surface area contributed by atoms with Crippen LogP contribution in [-0.4, -0.2) is 19.2 Å². The maximum atomic E-state index is 9.01. The lowest BCUT2D eigenvalue weighted by atomic mass is 9.96. The smallest absolute Gasteiger partial charge is 0.215 e. The van der Waals surface area contributed by atoms with E-state index in [9.17, 15) is 0 Å². The molecule has 9 heteroatoms. The van der Waals surface area contributed by atoms with E-state index in [1.54, 1.807) is 0 Å². The van der Waals surface area contributed by atoms with Crippen LogP contribution in [0.3, 0.4) is 0 Å². The van der Waals surface area contributed by atoms with Crippen LogP contribution in [0.1, 0.15) is 32.2 Å². The highest BCUT2D eigenvalue weighted by atomic mass is 35.5. The van der Waals surface area contributed by atoms with Gasteiger partial charge in [-0.1, -0.05) is 32.4 Å². The van der Waals surface area contributed by atoms with Crippen LogP contribution in [0, 0.1) is 11.3 Å². The Labute approximate surface area is 123 Å². The summed E-state index contributed by atoms with van der Waals surface area (Å²) in [6, 6.07) is 2.02. The van der Waals surface area contributed by atoms with E-state index < -0.39 is 0 Å². The molecule has 0 aliphatic rings. The van der Waals surface area contributed by atoms with Gasteiger partial charge >= 0.3 is 0 Å². The molecule has 2 heterocycles. The number of rotatable bonds is 2. The van der Waals surface area contributed by atoms with Crippen molar-refractivity contribution in [1.29, 1.82) is 5.26 Å². The largest absolute Gasteiger partial charge is 0.336 e. The lowest BCUT2D eigenvalue weighted by Crippen LogP contribution is -2.24. The molecule has 0 fully saturated rings. The van der Waals surface area contributed by atoms with Crippen molar-refractivity contribution in [2.24, 2.45) is 0 Å². The van der Waals surface area contributed by atoms with E-state index in [-0.39, 0.29) is 10.6 Å². The summed E-state index contributed by atoms with van der Waals surface area (Å²) in [6.45, 7) is 6.00. The standard InChI is InChI=1S/C10H11ClN6S2/c1-10(2,3)8-14-15-9(17(8)13)18-7-5(4-12)6(11)16-19-7/h13H2,1-3H3. The normalized spacial score (nSPS) is 11.5. The topological polar surface area (TPSA) is 93.4 Å². The Bertz CT molecular complexity index is 648. The van der Waals surface area contributed by atoms with Crippen LogP contribution in [-0.2, 0) is 5.41 Å². The molecule has 0 atom stereocenters. The fraction of sp³-hybridized carbons (Fsp3) is 0.400. The number of halogens is 1. The number of nitrogen functional groups attached to an aromatic ring is 1. The molecule has 0 saturated carbocycles.